The van der Waals surface area contributed by atoms with Gasteiger partial charge in [0.25, 0.3) is 11.8 Å². The molecular weight excluding hydrogens is 545 g/mol. The van der Waals surface area contributed by atoms with E-state index in [-0.39, 0.29) is 22.2 Å². The number of anilines is 1. The molecule has 1 aromatic carbocycles. The molecule has 4 heterocycles. The number of hydrogen-bond donors (Lipinski definition) is 3. The first-order chi connectivity index (χ1) is 17.4. The molecule has 0 spiro atoms. The van der Waals surface area contributed by atoms with Gasteiger partial charge in [0.05, 0.1) is 10.2 Å². The third kappa shape index (κ3) is 4.54. The predicted molar refractivity (Wildman–Crippen MR) is 140 cm³/mol. The van der Waals surface area contributed by atoms with E-state index in [4.69, 9.17) is 10.6 Å². The van der Waals surface area contributed by atoms with Crippen molar-refractivity contribution >= 4 is 85.0 Å². The Labute approximate surface area is 220 Å². The predicted octanol–water partition coefficient (Wildman–Crippen LogP) is 2.22. The number of hydrogen-bond acceptors (Lipinski definition) is 12. The number of nitrogens with zero attached hydrogens (tertiary/aromatic N) is 4. The number of carbonyl (C=O) groups excluding carboxylic acids is 2. The van der Waals surface area contributed by atoms with Crippen LogP contribution in [0.3, 0.4) is 0 Å². The number of carbonyl (C=O) groups is 3. The Hall–Kier alpha value is -3.14. The average molecular weight is 563 g/mol. The van der Waals surface area contributed by atoms with Crippen LogP contribution < -0.4 is 11.1 Å². The number of rotatable bonds is 8. The van der Waals surface area contributed by atoms with Crippen LogP contribution in [0.4, 0.5) is 5.13 Å². The molecule has 2 atom stereocenters. The number of benzene rings is 1. The summed E-state index contributed by atoms with van der Waals surface area (Å²) in [5, 5.41) is 17.5. The van der Waals surface area contributed by atoms with Crippen LogP contribution in [-0.4, -0.2) is 73.5 Å². The Morgan fingerprint density at radius 1 is 1.36 bits per heavy atom. The summed E-state index contributed by atoms with van der Waals surface area (Å²) in [4.78, 5) is 52.6. The number of fused-ring (bicyclic) bond motifs is 2. The number of oxime groups is 1. The highest BCUT2D eigenvalue weighted by Crippen LogP contribution is 2.42. The van der Waals surface area contributed by atoms with Crippen molar-refractivity contribution in [2.24, 2.45) is 5.16 Å². The highest BCUT2D eigenvalue weighted by molar-refractivity contribution is 8.02. The SMILES string of the molecule is CO/N=C(\C(=O)N[C@H]1C(=O)N2C(C(=O)O)=C(CSc3nc4ccccc4s3)CSC12)c1csc(N)n1. The smallest absolute Gasteiger partial charge is 0.352 e. The van der Waals surface area contributed by atoms with E-state index in [1.807, 2.05) is 24.3 Å². The number of aliphatic carboxylic acids is 1. The molecule has 1 unspecified atom stereocenters. The van der Waals surface area contributed by atoms with Gasteiger partial charge in [-0.2, -0.15) is 0 Å². The monoisotopic (exact) mass is 562 g/mol. The molecule has 36 heavy (non-hydrogen) atoms. The van der Waals surface area contributed by atoms with Crippen LogP contribution in [-0.2, 0) is 19.2 Å². The van der Waals surface area contributed by atoms with Crippen LogP contribution in [0.2, 0.25) is 0 Å². The zero-order valence-electron chi connectivity index (χ0n) is 18.5. The van der Waals surface area contributed by atoms with Gasteiger partial charge >= 0.3 is 5.97 Å². The summed E-state index contributed by atoms with van der Waals surface area (Å²) in [5.74, 6) is -1.56. The standard InChI is InChI=1S/C21H18N6O5S4/c1-32-26-13(11-8-34-20(22)23-11)16(28)25-14-17(29)27-15(19(30)31)9(6-33-18(14)27)7-35-21-24-10-4-2-3-5-12(10)36-21/h2-5,8,14,18H,6-7H2,1H3,(H2,22,23)(H,25,28)(H,30,31)/b26-13-/t14-,18?/m0/s1. The molecule has 5 rings (SSSR count). The fraction of sp³-hybridized carbons (Fsp3) is 0.238. The summed E-state index contributed by atoms with van der Waals surface area (Å²) in [6, 6.07) is 6.87. The van der Waals surface area contributed by atoms with Gasteiger partial charge in [-0.05, 0) is 17.7 Å². The number of aromatic nitrogens is 2. The summed E-state index contributed by atoms with van der Waals surface area (Å²) in [6.07, 6.45) is 0. The second kappa shape index (κ2) is 10.1. The van der Waals surface area contributed by atoms with Crippen LogP contribution in [0.25, 0.3) is 10.2 Å². The number of thioether (sulfide) groups is 2. The van der Waals surface area contributed by atoms with Gasteiger partial charge in [-0.1, -0.05) is 29.1 Å². The van der Waals surface area contributed by atoms with Crippen molar-refractivity contribution in [1.82, 2.24) is 20.2 Å². The van der Waals surface area contributed by atoms with Crippen LogP contribution in [0, 0.1) is 0 Å². The molecule has 2 amide bonds. The Morgan fingerprint density at radius 3 is 2.86 bits per heavy atom. The lowest BCUT2D eigenvalue weighted by molar-refractivity contribution is -0.150. The highest BCUT2D eigenvalue weighted by atomic mass is 32.2. The number of carboxylic acid groups (broad SMARTS) is 1. The number of nitrogens with two attached hydrogens (primary N) is 1. The topological polar surface area (TPSA) is 160 Å². The molecule has 0 bridgehead atoms. The number of amides is 2. The molecule has 4 N–H and O–H groups in total. The van der Waals surface area contributed by atoms with Crippen molar-refractivity contribution in [1.29, 1.82) is 0 Å². The van der Waals surface area contributed by atoms with Gasteiger partial charge in [0.1, 0.15) is 29.9 Å². The summed E-state index contributed by atoms with van der Waals surface area (Å²) in [5.41, 5.74) is 7.22. The minimum atomic E-state index is -1.18. The van der Waals surface area contributed by atoms with E-state index in [0.717, 1.165) is 25.9 Å². The maximum atomic E-state index is 13.0. The fourth-order valence-electron chi connectivity index (χ4n) is 3.76. The molecule has 2 aromatic heterocycles. The minimum absolute atomic E-state index is 0.0408. The number of β-lactam (4-membered cyclic amide) rings is 1. The van der Waals surface area contributed by atoms with Crippen molar-refractivity contribution in [3.05, 3.63) is 46.6 Å². The molecule has 1 saturated heterocycles. The van der Waals surface area contributed by atoms with E-state index in [2.05, 4.69) is 20.4 Å². The number of nitrogens with one attached hydrogen (secondary N) is 1. The van der Waals surface area contributed by atoms with Crippen molar-refractivity contribution in [2.45, 2.75) is 15.8 Å². The van der Waals surface area contributed by atoms with Gasteiger partial charge in [0.15, 0.2) is 15.2 Å². The zero-order valence-corrected chi connectivity index (χ0v) is 21.8. The largest absolute Gasteiger partial charge is 0.477 e. The van der Waals surface area contributed by atoms with Gasteiger partial charge in [-0.3, -0.25) is 14.5 Å². The Morgan fingerprint density at radius 2 is 2.17 bits per heavy atom. The quantitative estimate of drug-likeness (QED) is 0.161. The third-order valence-corrected chi connectivity index (χ3v) is 9.62. The van der Waals surface area contributed by atoms with Crippen LogP contribution in [0.1, 0.15) is 5.69 Å². The van der Waals surface area contributed by atoms with E-state index in [9.17, 15) is 19.5 Å². The number of nitrogen functional groups attached to an aromatic ring is 1. The molecule has 15 heteroatoms. The van der Waals surface area contributed by atoms with E-state index in [1.54, 1.807) is 5.38 Å². The molecular formula is C21H18N6O5S4. The highest BCUT2D eigenvalue weighted by Gasteiger charge is 2.54. The number of para-hydroxylation sites is 1. The summed E-state index contributed by atoms with van der Waals surface area (Å²) in [7, 11) is 1.29. The van der Waals surface area contributed by atoms with Gasteiger partial charge < -0.3 is 21.0 Å². The van der Waals surface area contributed by atoms with Crippen molar-refractivity contribution < 1.29 is 24.3 Å². The Kier molecular flexibility index (Phi) is 6.87. The minimum Gasteiger partial charge on any atom is -0.477 e. The summed E-state index contributed by atoms with van der Waals surface area (Å²) >= 11 is 5.51. The molecule has 0 saturated carbocycles. The van der Waals surface area contributed by atoms with E-state index < -0.39 is 29.2 Å². The molecule has 2 aliphatic heterocycles. The maximum absolute atomic E-state index is 13.0. The first-order valence-corrected chi connectivity index (χ1v) is 14.1. The van der Waals surface area contributed by atoms with Crippen LogP contribution in [0.5, 0.6) is 0 Å². The van der Waals surface area contributed by atoms with Gasteiger partial charge in [-0.15, -0.1) is 34.4 Å². The number of carboxylic acids is 1. The molecule has 1 fully saturated rings. The second-order valence-electron chi connectivity index (χ2n) is 7.55. The molecule has 2 aliphatic rings. The lowest BCUT2D eigenvalue weighted by Crippen LogP contribution is -2.71. The fourth-order valence-corrected chi connectivity index (χ4v) is 7.86. The Bertz CT molecular complexity index is 1400. The lowest BCUT2D eigenvalue weighted by atomic mass is 10.0. The molecule has 186 valence electrons. The third-order valence-electron chi connectivity index (χ3n) is 5.34. The molecule has 11 nitrogen and oxygen atoms in total. The van der Waals surface area contributed by atoms with Crippen molar-refractivity contribution in [2.75, 3.05) is 24.3 Å². The maximum Gasteiger partial charge on any atom is 0.352 e. The van der Waals surface area contributed by atoms with Gasteiger partial charge in [0.2, 0.25) is 0 Å². The first kappa shape index (κ1) is 24.5. The zero-order chi connectivity index (χ0) is 25.4. The summed E-state index contributed by atoms with van der Waals surface area (Å²) < 4.78 is 1.88. The van der Waals surface area contributed by atoms with Gasteiger partial charge in [-0.25, -0.2) is 14.8 Å². The van der Waals surface area contributed by atoms with Crippen molar-refractivity contribution in [3.8, 4) is 0 Å². The Balaban J connectivity index is 1.31. The second-order valence-corrected chi connectivity index (χ2v) is 11.8. The first-order valence-electron chi connectivity index (χ1n) is 10.4. The molecule has 3 aromatic rings. The van der Waals surface area contributed by atoms with Crippen molar-refractivity contribution in [3.63, 3.8) is 0 Å². The lowest BCUT2D eigenvalue weighted by Gasteiger charge is -2.49. The van der Waals surface area contributed by atoms with Crippen LogP contribution in [0.15, 0.2) is 50.4 Å². The molecule has 0 radical (unpaired) electrons. The molecule has 0 aliphatic carbocycles. The average Bonchev–Trinajstić information content (AvgIpc) is 3.49. The normalized spacial score (nSPS) is 19.8. The van der Waals surface area contributed by atoms with Gasteiger partial charge in [0, 0.05) is 16.9 Å². The van der Waals surface area contributed by atoms with E-state index in [0.29, 0.717) is 17.1 Å². The summed E-state index contributed by atoms with van der Waals surface area (Å²) in [6.45, 7) is 0. The van der Waals surface area contributed by atoms with E-state index >= 15 is 0 Å². The van der Waals surface area contributed by atoms with Crippen LogP contribution >= 0.6 is 46.2 Å². The number of thiazole rings is 2. The van der Waals surface area contributed by atoms with E-state index in [1.165, 1.54) is 46.9 Å².